The normalized spacial score (nSPS) is 12.1. The quantitative estimate of drug-likeness (QED) is 0.870. The summed E-state index contributed by atoms with van der Waals surface area (Å²) in [4.78, 5) is 15.7. The van der Waals surface area contributed by atoms with Gasteiger partial charge >= 0.3 is 6.18 Å². The summed E-state index contributed by atoms with van der Waals surface area (Å²) in [7, 11) is 0. The fraction of sp³-hybridized carbons (Fsp3) is 0.462. The molecule has 114 valence electrons. The average molecular weight is 301 g/mol. The Morgan fingerprint density at radius 2 is 2.05 bits per heavy atom. The van der Waals surface area contributed by atoms with Crippen LogP contribution in [0.3, 0.4) is 0 Å². The molecule has 2 aromatic rings. The SMILES string of the molecule is CC(C)Cc1noc(Cn2cc(C(F)(F)F)ccc2=O)n1. The second-order valence-electron chi connectivity index (χ2n) is 5.08. The van der Waals surface area contributed by atoms with Crippen molar-refractivity contribution >= 4 is 0 Å². The van der Waals surface area contributed by atoms with Crippen molar-refractivity contribution in [1.82, 2.24) is 14.7 Å². The molecule has 0 aliphatic rings. The van der Waals surface area contributed by atoms with Crippen LogP contribution in [0.15, 0.2) is 27.6 Å². The third-order valence-corrected chi connectivity index (χ3v) is 2.72. The van der Waals surface area contributed by atoms with Crippen LogP contribution >= 0.6 is 0 Å². The van der Waals surface area contributed by atoms with Crippen LogP contribution in [0.25, 0.3) is 0 Å². The summed E-state index contributed by atoms with van der Waals surface area (Å²) in [5.74, 6) is 0.902. The Hall–Kier alpha value is -2.12. The molecular formula is C13H14F3N3O2. The lowest BCUT2D eigenvalue weighted by Gasteiger charge is -2.08. The van der Waals surface area contributed by atoms with Gasteiger partial charge in [-0.25, -0.2) is 0 Å². The van der Waals surface area contributed by atoms with Crippen molar-refractivity contribution in [2.75, 3.05) is 0 Å². The predicted molar refractivity (Wildman–Crippen MR) is 67.6 cm³/mol. The third kappa shape index (κ3) is 3.93. The Morgan fingerprint density at radius 3 is 2.67 bits per heavy atom. The molecule has 2 rings (SSSR count). The molecule has 0 aromatic carbocycles. The number of aromatic nitrogens is 3. The summed E-state index contributed by atoms with van der Waals surface area (Å²) in [5, 5.41) is 3.73. The van der Waals surface area contributed by atoms with E-state index in [0.29, 0.717) is 18.2 Å². The minimum absolute atomic E-state index is 0.104. The van der Waals surface area contributed by atoms with E-state index in [4.69, 9.17) is 4.52 Å². The number of rotatable bonds is 4. The first kappa shape index (κ1) is 15.3. The van der Waals surface area contributed by atoms with Gasteiger partial charge in [-0.15, -0.1) is 0 Å². The van der Waals surface area contributed by atoms with Gasteiger partial charge < -0.3 is 9.09 Å². The summed E-state index contributed by atoms with van der Waals surface area (Å²) >= 11 is 0. The number of nitrogens with zero attached hydrogens (tertiary/aromatic N) is 3. The highest BCUT2D eigenvalue weighted by Crippen LogP contribution is 2.28. The minimum Gasteiger partial charge on any atom is -0.337 e. The standard InChI is InChI=1S/C13H14F3N3O2/c1-8(2)5-10-17-11(21-18-10)7-19-6-9(13(14,15)16)3-4-12(19)20/h3-4,6,8H,5,7H2,1-2H3. The van der Waals surface area contributed by atoms with Crippen LogP contribution in [0.5, 0.6) is 0 Å². The average Bonchev–Trinajstić information content (AvgIpc) is 2.77. The summed E-state index contributed by atoms with van der Waals surface area (Å²) < 4.78 is 43.7. The van der Waals surface area contributed by atoms with Gasteiger partial charge in [0.15, 0.2) is 5.82 Å². The van der Waals surface area contributed by atoms with Crippen molar-refractivity contribution in [1.29, 1.82) is 0 Å². The minimum atomic E-state index is -4.51. The molecule has 0 fully saturated rings. The maximum atomic E-state index is 12.6. The second-order valence-corrected chi connectivity index (χ2v) is 5.08. The van der Waals surface area contributed by atoms with Crippen molar-refractivity contribution in [3.05, 3.63) is 46.0 Å². The van der Waals surface area contributed by atoms with Crippen molar-refractivity contribution < 1.29 is 17.7 Å². The van der Waals surface area contributed by atoms with E-state index in [9.17, 15) is 18.0 Å². The Balaban J connectivity index is 2.23. The fourth-order valence-corrected chi connectivity index (χ4v) is 1.77. The van der Waals surface area contributed by atoms with Crippen LogP contribution in [-0.4, -0.2) is 14.7 Å². The van der Waals surface area contributed by atoms with Crippen LogP contribution in [0.2, 0.25) is 0 Å². The highest BCUT2D eigenvalue weighted by Gasteiger charge is 2.31. The molecule has 0 aliphatic heterocycles. The fourth-order valence-electron chi connectivity index (χ4n) is 1.77. The molecule has 5 nitrogen and oxygen atoms in total. The second kappa shape index (κ2) is 5.71. The molecule has 0 unspecified atom stereocenters. The van der Waals surface area contributed by atoms with E-state index in [2.05, 4.69) is 10.1 Å². The van der Waals surface area contributed by atoms with E-state index in [0.717, 1.165) is 22.9 Å². The van der Waals surface area contributed by atoms with Crippen LogP contribution in [-0.2, 0) is 19.1 Å². The molecule has 2 aromatic heterocycles. The molecule has 0 radical (unpaired) electrons. The van der Waals surface area contributed by atoms with Crippen LogP contribution in [0.1, 0.15) is 31.1 Å². The van der Waals surface area contributed by atoms with Gasteiger partial charge in [0.1, 0.15) is 6.54 Å². The van der Waals surface area contributed by atoms with Crippen molar-refractivity contribution in [2.45, 2.75) is 33.0 Å². The monoisotopic (exact) mass is 301 g/mol. The molecule has 0 spiro atoms. The molecule has 0 N–H and O–H groups in total. The molecule has 21 heavy (non-hydrogen) atoms. The first-order valence-corrected chi connectivity index (χ1v) is 6.35. The molecule has 0 amide bonds. The lowest BCUT2D eigenvalue weighted by atomic mass is 10.1. The zero-order valence-corrected chi connectivity index (χ0v) is 11.5. The number of pyridine rings is 1. The van der Waals surface area contributed by atoms with Crippen LogP contribution in [0.4, 0.5) is 13.2 Å². The van der Waals surface area contributed by atoms with Gasteiger partial charge in [-0.05, 0) is 12.0 Å². The predicted octanol–water partition coefficient (Wildman–Crippen LogP) is 2.50. The smallest absolute Gasteiger partial charge is 0.337 e. The largest absolute Gasteiger partial charge is 0.417 e. The van der Waals surface area contributed by atoms with E-state index in [1.807, 2.05) is 13.8 Å². The molecule has 2 heterocycles. The number of hydrogen-bond donors (Lipinski definition) is 0. The van der Waals surface area contributed by atoms with Crippen molar-refractivity contribution in [2.24, 2.45) is 5.92 Å². The molecule has 0 saturated carbocycles. The van der Waals surface area contributed by atoms with Gasteiger partial charge in [0, 0.05) is 18.7 Å². The van der Waals surface area contributed by atoms with E-state index in [-0.39, 0.29) is 12.4 Å². The Labute approximate surface area is 118 Å². The zero-order valence-electron chi connectivity index (χ0n) is 11.5. The van der Waals surface area contributed by atoms with E-state index < -0.39 is 17.3 Å². The molecule has 0 atom stereocenters. The van der Waals surface area contributed by atoms with Gasteiger partial charge in [0.05, 0.1) is 5.56 Å². The third-order valence-electron chi connectivity index (χ3n) is 2.72. The lowest BCUT2D eigenvalue weighted by Crippen LogP contribution is -2.22. The Morgan fingerprint density at radius 1 is 1.33 bits per heavy atom. The highest BCUT2D eigenvalue weighted by molar-refractivity contribution is 5.14. The highest BCUT2D eigenvalue weighted by atomic mass is 19.4. The molecule has 8 heteroatoms. The summed E-state index contributed by atoms with van der Waals surface area (Å²) in [5.41, 5.74) is -1.46. The topological polar surface area (TPSA) is 60.9 Å². The van der Waals surface area contributed by atoms with E-state index in [1.54, 1.807) is 0 Å². The Kier molecular flexibility index (Phi) is 4.15. The number of hydrogen-bond acceptors (Lipinski definition) is 4. The maximum Gasteiger partial charge on any atom is 0.417 e. The van der Waals surface area contributed by atoms with Crippen molar-refractivity contribution in [3.8, 4) is 0 Å². The first-order chi connectivity index (χ1) is 9.75. The van der Waals surface area contributed by atoms with E-state index >= 15 is 0 Å². The summed E-state index contributed by atoms with van der Waals surface area (Å²) in [6.45, 7) is 3.77. The van der Waals surface area contributed by atoms with Gasteiger partial charge in [0.25, 0.3) is 5.56 Å². The van der Waals surface area contributed by atoms with E-state index in [1.165, 1.54) is 0 Å². The summed E-state index contributed by atoms with van der Waals surface area (Å²) in [6, 6.07) is 1.62. The number of halogens is 3. The molecule has 0 saturated heterocycles. The Bertz CT molecular complexity index is 674. The molecule has 0 aliphatic carbocycles. The van der Waals surface area contributed by atoms with Crippen LogP contribution < -0.4 is 5.56 Å². The van der Waals surface area contributed by atoms with Crippen molar-refractivity contribution in [3.63, 3.8) is 0 Å². The van der Waals surface area contributed by atoms with Crippen LogP contribution in [0, 0.1) is 5.92 Å². The molecule has 0 bridgehead atoms. The number of alkyl halides is 3. The summed E-state index contributed by atoms with van der Waals surface area (Å²) in [6.07, 6.45) is -3.16. The zero-order chi connectivity index (χ0) is 15.6. The first-order valence-electron chi connectivity index (χ1n) is 6.35. The van der Waals surface area contributed by atoms with Gasteiger partial charge in [-0.3, -0.25) is 4.79 Å². The maximum absolute atomic E-state index is 12.6. The van der Waals surface area contributed by atoms with Gasteiger partial charge in [-0.1, -0.05) is 19.0 Å². The lowest BCUT2D eigenvalue weighted by molar-refractivity contribution is -0.138. The molecular weight excluding hydrogens is 287 g/mol. The van der Waals surface area contributed by atoms with Gasteiger partial charge in [-0.2, -0.15) is 18.2 Å². The van der Waals surface area contributed by atoms with Gasteiger partial charge in [0.2, 0.25) is 5.89 Å².